The molecule has 1 aromatic heterocycles. The van der Waals surface area contributed by atoms with Crippen molar-refractivity contribution >= 4 is 10.9 Å². The summed E-state index contributed by atoms with van der Waals surface area (Å²) < 4.78 is 0. The molecule has 1 aromatic carbocycles. The van der Waals surface area contributed by atoms with E-state index in [0.717, 1.165) is 16.6 Å². The molecule has 0 bridgehead atoms. The number of benzene rings is 1. The van der Waals surface area contributed by atoms with E-state index in [1.165, 1.54) is 0 Å². The molecule has 3 heteroatoms. The molecule has 0 aliphatic heterocycles. The number of aromatic nitrogens is 1. The topological polar surface area (TPSA) is 53.4 Å². The Hall–Kier alpha value is -1.45. The van der Waals surface area contributed by atoms with Gasteiger partial charge in [-0.3, -0.25) is 4.98 Å². The number of fused-ring (bicyclic) bond motifs is 1. The molecule has 0 radical (unpaired) electrons. The number of aliphatic hydroxyl groups excluding tert-OH is 2. The lowest BCUT2D eigenvalue weighted by atomic mass is 10.1. The van der Waals surface area contributed by atoms with Crippen LogP contribution in [0.15, 0.2) is 36.4 Å². The number of hydrogen-bond donors (Lipinski definition) is 2. The van der Waals surface area contributed by atoms with Crippen LogP contribution in [-0.4, -0.2) is 27.9 Å². The third-order valence-corrected chi connectivity index (χ3v) is 2.31. The van der Waals surface area contributed by atoms with E-state index < -0.39 is 6.10 Å². The van der Waals surface area contributed by atoms with Crippen molar-refractivity contribution < 1.29 is 10.2 Å². The maximum Gasteiger partial charge on any atom is 0.0826 e. The first-order valence-corrected chi connectivity index (χ1v) is 4.93. The van der Waals surface area contributed by atoms with Gasteiger partial charge in [0.15, 0.2) is 0 Å². The number of para-hydroxylation sites is 1. The Labute approximate surface area is 88.0 Å². The molecule has 1 heterocycles. The van der Waals surface area contributed by atoms with Gasteiger partial charge in [0, 0.05) is 17.5 Å². The molecule has 3 nitrogen and oxygen atoms in total. The number of pyridine rings is 1. The summed E-state index contributed by atoms with van der Waals surface area (Å²) in [6.07, 6.45) is -0.333. The zero-order chi connectivity index (χ0) is 10.7. The monoisotopic (exact) mass is 203 g/mol. The van der Waals surface area contributed by atoms with Gasteiger partial charge in [0.05, 0.1) is 18.2 Å². The first-order chi connectivity index (χ1) is 7.29. The summed E-state index contributed by atoms with van der Waals surface area (Å²) in [6, 6.07) is 11.7. The van der Waals surface area contributed by atoms with E-state index in [9.17, 15) is 5.11 Å². The predicted molar refractivity (Wildman–Crippen MR) is 58.5 cm³/mol. The minimum atomic E-state index is -0.723. The normalized spacial score (nSPS) is 12.9. The SMILES string of the molecule is OCC(O)Cc1ccc2ccccc2n1. The first kappa shape index (κ1) is 10.1. The highest BCUT2D eigenvalue weighted by atomic mass is 16.3. The Kier molecular flexibility index (Phi) is 2.94. The van der Waals surface area contributed by atoms with E-state index in [4.69, 9.17) is 5.11 Å². The molecule has 1 atom stereocenters. The molecule has 0 aliphatic carbocycles. The van der Waals surface area contributed by atoms with Crippen LogP contribution in [-0.2, 0) is 6.42 Å². The highest BCUT2D eigenvalue weighted by Gasteiger charge is 2.05. The third kappa shape index (κ3) is 2.32. The average molecular weight is 203 g/mol. The fourth-order valence-corrected chi connectivity index (χ4v) is 1.53. The van der Waals surface area contributed by atoms with E-state index in [0.29, 0.717) is 6.42 Å². The van der Waals surface area contributed by atoms with Crippen LogP contribution in [0.1, 0.15) is 5.69 Å². The maximum absolute atomic E-state index is 9.29. The molecular weight excluding hydrogens is 190 g/mol. The van der Waals surface area contributed by atoms with Crippen LogP contribution in [0.2, 0.25) is 0 Å². The number of aliphatic hydroxyl groups is 2. The van der Waals surface area contributed by atoms with Gasteiger partial charge in [0.2, 0.25) is 0 Å². The molecule has 0 spiro atoms. The molecule has 78 valence electrons. The van der Waals surface area contributed by atoms with Gasteiger partial charge in [0.1, 0.15) is 0 Å². The van der Waals surface area contributed by atoms with Crippen molar-refractivity contribution in [3.63, 3.8) is 0 Å². The fraction of sp³-hybridized carbons (Fsp3) is 0.250. The standard InChI is InChI=1S/C12H13NO2/c14-8-11(15)7-10-6-5-9-3-1-2-4-12(9)13-10/h1-6,11,14-15H,7-8H2. The number of hydrogen-bond acceptors (Lipinski definition) is 3. The van der Waals surface area contributed by atoms with Gasteiger partial charge in [-0.15, -0.1) is 0 Å². The zero-order valence-corrected chi connectivity index (χ0v) is 8.30. The summed E-state index contributed by atoms with van der Waals surface area (Å²) in [5.74, 6) is 0. The molecule has 0 saturated heterocycles. The van der Waals surface area contributed by atoms with Crippen LogP contribution < -0.4 is 0 Å². The minimum Gasteiger partial charge on any atom is -0.394 e. The zero-order valence-electron chi connectivity index (χ0n) is 8.30. The van der Waals surface area contributed by atoms with E-state index in [1.807, 2.05) is 36.4 Å². The summed E-state index contributed by atoms with van der Waals surface area (Å²) in [5.41, 5.74) is 1.72. The van der Waals surface area contributed by atoms with Gasteiger partial charge >= 0.3 is 0 Å². The lowest BCUT2D eigenvalue weighted by molar-refractivity contribution is 0.0948. The molecule has 2 aromatic rings. The Bertz CT molecular complexity index is 456. The molecular formula is C12H13NO2. The first-order valence-electron chi connectivity index (χ1n) is 4.93. The van der Waals surface area contributed by atoms with Crippen LogP contribution in [0.25, 0.3) is 10.9 Å². The van der Waals surface area contributed by atoms with E-state index in [2.05, 4.69) is 4.98 Å². The third-order valence-electron chi connectivity index (χ3n) is 2.31. The van der Waals surface area contributed by atoms with Gasteiger partial charge in [-0.05, 0) is 12.1 Å². The summed E-state index contributed by atoms with van der Waals surface area (Å²) in [5, 5.41) is 19.1. The maximum atomic E-state index is 9.29. The Morgan fingerprint density at radius 2 is 1.93 bits per heavy atom. The molecule has 1 unspecified atom stereocenters. The fourth-order valence-electron chi connectivity index (χ4n) is 1.53. The number of nitrogens with zero attached hydrogens (tertiary/aromatic N) is 1. The average Bonchev–Trinajstić information content (AvgIpc) is 2.29. The van der Waals surface area contributed by atoms with Crippen molar-refractivity contribution in [3.8, 4) is 0 Å². The Balaban J connectivity index is 2.30. The van der Waals surface area contributed by atoms with Crippen LogP contribution in [0.3, 0.4) is 0 Å². The van der Waals surface area contributed by atoms with Gasteiger partial charge in [0.25, 0.3) is 0 Å². The van der Waals surface area contributed by atoms with Crippen molar-refractivity contribution in [1.29, 1.82) is 0 Å². The predicted octanol–water partition coefficient (Wildman–Crippen LogP) is 1.13. The van der Waals surface area contributed by atoms with Gasteiger partial charge in [-0.1, -0.05) is 24.3 Å². The van der Waals surface area contributed by atoms with Crippen molar-refractivity contribution in [2.75, 3.05) is 6.61 Å². The molecule has 2 rings (SSSR count). The lowest BCUT2D eigenvalue weighted by Crippen LogP contribution is -2.15. The van der Waals surface area contributed by atoms with E-state index in [1.54, 1.807) is 0 Å². The summed E-state index contributed by atoms with van der Waals surface area (Å²) in [4.78, 5) is 4.39. The summed E-state index contributed by atoms with van der Waals surface area (Å²) >= 11 is 0. The van der Waals surface area contributed by atoms with Gasteiger partial charge < -0.3 is 10.2 Å². The molecule has 2 N–H and O–H groups in total. The molecule has 0 aliphatic rings. The molecule has 15 heavy (non-hydrogen) atoms. The van der Waals surface area contributed by atoms with Crippen LogP contribution in [0.4, 0.5) is 0 Å². The molecule has 0 amide bonds. The van der Waals surface area contributed by atoms with Gasteiger partial charge in [-0.25, -0.2) is 0 Å². The van der Waals surface area contributed by atoms with Crippen LogP contribution in [0, 0.1) is 0 Å². The van der Waals surface area contributed by atoms with Crippen LogP contribution in [0.5, 0.6) is 0 Å². The van der Waals surface area contributed by atoms with E-state index in [-0.39, 0.29) is 6.61 Å². The van der Waals surface area contributed by atoms with Gasteiger partial charge in [-0.2, -0.15) is 0 Å². The van der Waals surface area contributed by atoms with Crippen LogP contribution >= 0.6 is 0 Å². The van der Waals surface area contributed by atoms with Crippen molar-refractivity contribution in [2.24, 2.45) is 0 Å². The highest BCUT2D eigenvalue weighted by molar-refractivity contribution is 5.78. The minimum absolute atomic E-state index is 0.228. The highest BCUT2D eigenvalue weighted by Crippen LogP contribution is 2.12. The quantitative estimate of drug-likeness (QED) is 0.786. The Morgan fingerprint density at radius 3 is 2.73 bits per heavy atom. The Morgan fingerprint density at radius 1 is 1.13 bits per heavy atom. The second kappa shape index (κ2) is 4.38. The molecule has 0 fully saturated rings. The second-order valence-corrected chi connectivity index (χ2v) is 3.54. The van der Waals surface area contributed by atoms with Crippen molar-refractivity contribution in [2.45, 2.75) is 12.5 Å². The summed E-state index contributed by atoms with van der Waals surface area (Å²) in [6.45, 7) is -0.228. The summed E-state index contributed by atoms with van der Waals surface area (Å²) in [7, 11) is 0. The second-order valence-electron chi connectivity index (χ2n) is 3.54. The number of rotatable bonds is 3. The van der Waals surface area contributed by atoms with E-state index >= 15 is 0 Å². The molecule has 0 saturated carbocycles. The largest absolute Gasteiger partial charge is 0.394 e. The van der Waals surface area contributed by atoms with Crippen molar-refractivity contribution in [1.82, 2.24) is 4.98 Å². The van der Waals surface area contributed by atoms with Crippen molar-refractivity contribution in [3.05, 3.63) is 42.1 Å². The smallest absolute Gasteiger partial charge is 0.0826 e. The lowest BCUT2D eigenvalue weighted by Gasteiger charge is -2.06.